The number of carbonyl (C=O) groups is 2. The molecule has 0 fully saturated rings. The van der Waals surface area contributed by atoms with Crippen LogP contribution in [0.15, 0.2) is 18.2 Å². The fourth-order valence-electron chi connectivity index (χ4n) is 3.28. The number of aromatic hydroxyl groups is 2. The first-order valence-corrected chi connectivity index (χ1v) is 13.0. The van der Waals surface area contributed by atoms with Crippen molar-refractivity contribution in [3.63, 3.8) is 0 Å². The van der Waals surface area contributed by atoms with Gasteiger partial charge in [0, 0.05) is 11.8 Å². The maximum absolute atomic E-state index is 12.7. The van der Waals surface area contributed by atoms with Crippen LogP contribution in [0.25, 0.3) is 0 Å². The summed E-state index contributed by atoms with van der Waals surface area (Å²) in [6, 6.07) is 3.30. The summed E-state index contributed by atoms with van der Waals surface area (Å²) in [5.74, 6) is -1.10. The van der Waals surface area contributed by atoms with Gasteiger partial charge in [0.05, 0.1) is 6.61 Å². The van der Waals surface area contributed by atoms with Gasteiger partial charge in [0.1, 0.15) is 11.6 Å². The number of esters is 1. The monoisotopic (exact) mass is 529 g/mol. The maximum Gasteiger partial charge on any atom is 0.408 e. The molecule has 0 aliphatic heterocycles. The van der Waals surface area contributed by atoms with E-state index in [0.717, 1.165) is 24.6 Å². The molecule has 8 heteroatoms. The van der Waals surface area contributed by atoms with Gasteiger partial charge in [-0.05, 0) is 51.3 Å². The number of phenolic OH excluding ortho intramolecular Hbond substituents is 2. The number of amides is 1. The molecule has 0 heterocycles. The molecule has 1 aromatic carbocycles. The number of carbonyl (C=O) groups excluding carboxylic acids is 2. The molecule has 0 bridgehead atoms. The van der Waals surface area contributed by atoms with Crippen LogP contribution in [0.3, 0.4) is 0 Å². The van der Waals surface area contributed by atoms with E-state index in [2.05, 4.69) is 21.2 Å². The molecule has 7 nitrogen and oxygen atoms in total. The minimum Gasteiger partial charge on any atom is -0.504 e. The first-order valence-electron chi connectivity index (χ1n) is 11.9. The second kappa shape index (κ2) is 15.8. The Morgan fingerprint density at radius 2 is 1.52 bits per heavy atom. The molecular formula is C25H40BrNO6. The van der Waals surface area contributed by atoms with E-state index in [1.807, 2.05) is 0 Å². The topological polar surface area (TPSA) is 105 Å². The third-order valence-corrected chi connectivity index (χ3v) is 5.54. The molecule has 188 valence electrons. The van der Waals surface area contributed by atoms with Crippen molar-refractivity contribution in [2.45, 2.75) is 96.6 Å². The number of rotatable bonds is 15. The summed E-state index contributed by atoms with van der Waals surface area (Å²) in [4.78, 5) is 24.9. The van der Waals surface area contributed by atoms with Crippen LogP contribution in [0.2, 0.25) is 0 Å². The van der Waals surface area contributed by atoms with Crippen LogP contribution in [-0.4, -0.2) is 45.9 Å². The predicted octanol–water partition coefficient (Wildman–Crippen LogP) is 5.98. The summed E-state index contributed by atoms with van der Waals surface area (Å²) < 4.78 is 10.7. The molecule has 1 aromatic rings. The van der Waals surface area contributed by atoms with Gasteiger partial charge >= 0.3 is 12.1 Å². The molecule has 1 unspecified atom stereocenters. The van der Waals surface area contributed by atoms with Gasteiger partial charge in [0.25, 0.3) is 0 Å². The Morgan fingerprint density at radius 3 is 2.06 bits per heavy atom. The molecule has 0 aliphatic rings. The molecule has 0 aromatic heterocycles. The van der Waals surface area contributed by atoms with Crippen molar-refractivity contribution in [1.82, 2.24) is 5.32 Å². The number of alkyl halides is 1. The van der Waals surface area contributed by atoms with Crippen LogP contribution >= 0.6 is 15.9 Å². The lowest BCUT2D eigenvalue weighted by atomic mass is 10.1. The van der Waals surface area contributed by atoms with Crippen molar-refractivity contribution in [2.75, 3.05) is 11.9 Å². The standard InChI is InChI=1S/C25H40BrNO6/c1-25(2,3)33-24(31)27-20(17-19-13-14-21(28)22(29)18-19)23(30)32-16-12-10-8-6-4-5-7-9-11-15-26/h13-14,18,20,28-29H,4-12,15-17H2,1-3H3,(H,27,31). The van der Waals surface area contributed by atoms with E-state index in [4.69, 9.17) is 9.47 Å². The number of phenols is 2. The molecular weight excluding hydrogens is 490 g/mol. The number of hydrogen-bond acceptors (Lipinski definition) is 6. The first-order chi connectivity index (χ1) is 15.6. The smallest absolute Gasteiger partial charge is 0.408 e. The summed E-state index contributed by atoms with van der Waals surface area (Å²) in [6.07, 6.45) is 9.76. The van der Waals surface area contributed by atoms with Crippen molar-refractivity contribution in [1.29, 1.82) is 0 Å². The highest BCUT2D eigenvalue weighted by Crippen LogP contribution is 2.25. The fraction of sp³-hybridized carbons (Fsp3) is 0.680. The number of nitrogens with one attached hydrogen (secondary N) is 1. The number of ether oxygens (including phenoxy) is 2. The largest absolute Gasteiger partial charge is 0.504 e. The lowest BCUT2D eigenvalue weighted by Crippen LogP contribution is -2.45. The van der Waals surface area contributed by atoms with E-state index in [-0.39, 0.29) is 24.5 Å². The van der Waals surface area contributed by atoms with Gasteiger partial charge in [-0.15, -0.1) is 0 Å². The molecule has 1 atom stereocenters. The fourth-order valence-corrected chi connectivity index (χ4v) is 3.68. The summed E-state index contributed by atoms with van der Waals surface area (Å²) in [5.41, 5.74) is -0.136. The highest BCUT2D eigenvalue weighted by atomic mass is 79.9. The normalized spacial score (nSPS) is 12.2. The van der Waals surface area contributed by atoms with Crippen molar-refractivity contribution < 1.29 is 29.3 Å². The van der Waals surface area contributed by atoms with Gasteiger partial charge in [-0.2, -0.15) is 0 Å². The van der Waals surface area contributed by atoms with Crippen molar-refractivity contribution in [2.24, 2.45) is 0 Å². The van der Waals surface area contributed by atoms with Crippen molar-refractivity contribution in [3.8, 4) is 11.5 Å². The Bertz CT molecular complexity index is 719. The summed E-state index contributed by atoms with van der Waals surface area (Å²) in [7, 11) is 0. The van der Waals surface area contributed by atoms with Crippen molar-refractivity contribution in [3.05, 3.63) is 23.8 Å². The van der Waals surface area contributed by atoms with Crippen LogP contribution in [0.1, 0.15) is 84.1 Å². The van der Waals surface area contributed by atoms with Gasteiger partial charge in [-0.25, -0.2) is 9.59 Å². The van der Waals surface area contributed by atoms with Crippen LogP contribution in [0, 0.1) is 0 Å². The number of hydrogen-bond donors (Lipinski definition) is 3. The Kier molecular flexibility index (Phi) is 13.9. The highest BCUT2D eigenvalue weighted by Gasteiger charge is 2.26. The van der Waals surface area contributed by atoms with E-state index in [0.29, 0.717) is 5.56 Å². The Hall–Kier alpha value is -1.96. The van der Waals surface area contributed by atoms with Crippen LogP contribution in [0.5, 0.6) is 11.5 Å². The van der Waals surface area contributed by atoms with Crippen LogP contribution < -0.4 is 5.32 Å². The third kappa shape index (κ3) is 14.0. The lowest BCUT2D eigenvalue weighted by molar-refractivity contribution is -0.146. The summed E-state index contributed by atoms with van der Waals surface area (Å²) in [6.45, 7) is 5.50. The molecule has 3 N–H and O–H groups in total. The zero-order valence-electron chi connectivity index (χ0n) is 20.2. The molecule has 1 amide bonds. The van der Waals surface area contributed by atoms with E-state index in [1.165, 1.54) is 50.7 Å². The molecule has 0 radical (unpaired) electrons. The first kappa shape index (κ1) is 29.1. The minimum atomic E-state index is -0.969. The van der Waals surface area contributed by atoms with E-state index < -0.39 is 23.7 Å². The van der Waals surface area contributed by atoms with Gasteiger partial charge in [0.15, 0.2) is 11.5 Å². The van der Waals surface area contributed by atoms with Gasteiger partial charge < -0.3 is 25.0 Å². The Labute approximate surface area is 206 Å². The summed E-state index contributed by atoms with van der Waals surface area (Å²) >= 11 is 3.45. The number of halogens is 1. The van der Waals surface area contributed by atoms with Gasteiger partial charge in [-0.3, -0.25) is 0 Å². The van der Waals surface area contributed by atoms with Crippen molar-refractivity contribution >= 4 is 28.0 Å². The average Bonchev–Trinajstić information content (AvgIpc) is 2.72. The van der Waals surface area contributed by atoms with Crippen LogP contribution in [-0.2, 0) is 20.7 Å². The van der Waals surface area contributed by atoms with Gasteiger partial charge in [-0.1, -0.05) is 66.9 Å². The molecule has 0 saturated heterocycles. The van der Waals surface area contributed by atoms with Gasteiger partial charge in [0.2, 0.25) is 0 Å². The second-order valence-corrected chi connectivity index (χ2v) is 10.1. The molecule has 1 rings (SSSR count). The van der Waals surface area contributed by atoms with Crippen LogP contribution in [0.4, 0.5) is 4.79 Å². The van der Waals surface area contributed by atoms with E-state index in [9.17, 15) is 19.8 Å². The average molecular weight is 531 g/mol. The zero-order valence-corrected chi connectivity index (χ0v) is 21.8. The van der Waals surface area contributed by atoms with E-state index >= 15 is 0 Å². The lowest BCUT2D eigenvalue weighted by Gasteiger charge is -2.23. The highest BCUT2D eigenvalue weighted by molar-refractivity contribution is 9.09. The second-order valence-electron chi connectivity index (χ2n) is 9.26. The molecule has 0 aliphatic carbocycles. The quantitative estimate of drug-likeness (QED) is 0.112. The Morgan fingerprint density at radius 1 is 0.939 bits per heavy atom. The summed E-state index contributed by atoms with van der Waals surface area (Å²) in [5, 5.41) is 22.9. The molecule has 0 saturated carbocycles. The number of benzene rings is 1. The molecule has 33 heavy (non-hydrogen) atoms. The minimum absolute atomic E-state index is 0.0982. The number of unbranched alkanes of at least 4 members (excludes halogenated alkanes) is 8. The predicted molar refractivity (Wildman–Crippen MR) is 133 cm³/mol. The number of alkyl carbamates (subject to hydrolysis) is 1. The maximum atomic E-state index is 12.7. The SMILES string of the molecule is CC(C)(C)OC(=O)NC(Cc1ccc(O)c(O)c1)C(=O)OCCCCCCCCCCCBr. The Balaban J connectivity index is 2.46. The third-order valence-electron chi connectivity index (χ3n) is 4.98. The molecule has 0 spiro atoms. The van der Waals surface area contributed by atoms with E-state index in [1.54, 1.807) is 26.8 Å². The zero-order chi connectivity index (χ0) is 24.7.